The summed E-state index contributed by atoms with van der Waals surface area (Å²) in [7, 11) is 2.21. The molecule has 5 heteroatoms. The van der Waals surface area contributed by atoms with Crippen LogP contribution in [0.4, 0.5) is 0 Å². The molecule has 1 saturated heterocycles. The number of imidazole rings is 1. The number of nitrogens with zero attached hydrogens (tertiary/aromatic N) is 3. The summed E-state index contributed by atoms with van der Waals surface area (Å²) in [5.41, 5.74) is 2.30. The molecule has 0 saturated carbocycles. The largest absolute Gasteiger partial charge is 0.325 e. The van der Waals surface area contributed by atoms with Crippen molar-refractivity contribution in [2.45, 2.75) is 38.3 Å². The van der Waals surface area contributed by atoms with E-state index in [0.717, 1.165) is 28.8 Å². The standard InChI is InChI=1S/C16H21BrClN3/c1-11-9-13(6-8-20(11)2)21-15-4-3-12(17)10-14(15)19-16(21)5-7-18/h3-4,10-11,13H,5-9H2,1-2H3. The van der Waals surface area contributed by atoms with Crippen LogP contribution in [0, 0.1) is 0 Å². The van der Waals surface area contributed by atoms with Crippen LogP contribution in [-0.2, 0) is 6.42 Å². The Morgan fingerprint density at radius 1 is 1.43 bits per heavy atom. The Kier molecular flexibility index (Phi) is 4.57. The molecule has 0 aliphatic carbocycles. The number of likely N-dealkylation sites (tertiary alicyclic amines) is 1. The van der Waals surface area contributed by atoms with Gasteiger partial charge in [-0.2, -0.15) is 0 Å². The van der Waals surface area contributed by atoms with Gasteiger partial charge in [0.1, 0.15) is 5.82 Å². The van der Waals surface area contributed by atoms with E-state index in [1.54, 1.807) is 0 Å². The minimum Gasteiger partial charge on any atom is -0.325 e. The van der Waals surface area contributed by atoms with E-state index < -0.39 is 0 Å². The van der Waals surface area contributed by atoms with Gasteiger partial charge < -0.3 is 9.47 Å². The summed E-state index contributed by atoms with van der Waals surface area (Å²) in [6.07, 6.45) is 3.18. The molecular formula is C16H21BrClN3. The third-order valence-corrected chi connectivity index (χ3v) is 5.27. The molecular weight excluding hydrogens is 350 g/mol. The molecule has 2 atom stereocenters. The van der Waals surface area contributed by atoms with Crippen molar-refractivity contribution < 1.29 is 0 Å². The highest BCUT2D eigenvalue weighted by molar-refractivity contribution is 9.10. The fourth-order valence-electron chi connectivity index (χ4n) is 3.29. The van der Waals surface area contributed by atoms with E-state index >= 15 is 0 Å². The van der Waals surface area contributed by atoms with Crippen molar-refractivity contribution >= 4 is 38.6 Å². The van der Waals surface area contributed by atoms with Crippen molar-refractivity contribution in [3.63, 3.8) is 0 Å². The maximum absolute atomic E-state index is 5.99. The van der Waals surface area contributed by atoms with Crippen LogP contribution in [-0.4, -0.2) is 40.0 Å². The van der Waals surface area contributed by atoms with Crippen molar-refractivity contribution in [1.82, 2.24) is 14.5 Å². The minimum atomic E-state index is 0.528. The van der Waals surface area contributed by atoms with Gasteiger partial charge >= 0.3 is 0 Å². The van der Waals surface area contributed by atoms with Gasteiger partial charge in [-0.05, 0) is 45.0 Å². The van der Waals surface area contributed by atoms with Crippen molar-refractivity contribution in [3.8, 4) is 0 Å². The number of fused-ring (bicyclic) bond motifs is 1. The lowest BCUT2D eigenvalue weighted by Crippen LogP contribution is -2.38. The smallest absolute Gasteiger partial charge is 0.111 e. The van der Waals surface area contributed by atoms with E-state index in [9.17, 15) is 0 Å². The van der Waals surface area contributed by atoms with Crippen LogP contribution < -0.4 is 0 Å². The first-order valence-electron chi connectivity index (χ1n) is 7.52. The lowest BCUT2D eigenvalue weighted by molar-refractivity contribution is 0.157. The topological polar surface area (TPSA) is 21.1 Å². The first-order chi connectivity index (χ1) is 10.1. The number of benzene rings is 1. The molecule has 1 aliphatic heterocycles. The molecule has 1 fully saturated rings. The number of rotatable bonds is 3. The molecule has 2 aromatic rings. The molecule has 0 amide bonds. The number of hydrogen-bond donors (Lipinski definition) is 0. The van der Waals surface area contributed by atoms with Crippen molar-refractivity contribution in [2.75, 3.05) is 19.5 Å². The molecule has 0 spiro atoms. The van der Waals surface area contributed by atoms with Crippen LogP contribution in [0.1, 0.15) is 31.6 Å². The van der Waals surface area contributed by atoms with Crippen LogP contribution in [0.15, 0.2) is 22.7 Å². The Bertz CT molecular complexity index is 640. The second kappa shape index (κ2) is 6.27. The van der Waals surface area contributed by atoms with Gasteiger partial charge in [0, 0.05) is 35.4 Å². The quantitative estimate of drug-likeness (QED) is 0.754. The zero-order valence-corrected chi connectivity index (χ0v) is 14.9. The molecule has 2 unspecified atom stereocenters. The van der Waals surface area contributed by atoms with Crippen LogP contribution in [0.5, 0.6) is 0 Å². The van der Waals surface area contributed by atoms with Gasteiger partial charge in [-0.3, -0.25) is 0 Å². The number of aryl methyl sites for hydroxylation is 1. The van der Waals surface area contributed by atoms with Crippen molar-refractivity contribution in [2.24, 2.45) is 0 Å². The first kappa shape index (κ1) is 15.3. The maximum atomic E-state index is 5.99. The van der Waals surface area contributed by atoms with Gasteiger partial charge in [0.25, 0.3) is 0 Å². The SMILES string of the molecule is CC1CC(n2c(CCCl)nc3cc(Br)ccc32)CCN1C. The third kappa shape index (κ3) is 2.99. The molecule has 3 rings (SSSR count). The Labute approximate surface area is 139 Å². The van der Waals surface area contributed by atoms with Gasteiger partial charge in [-0.1, -0.05) is 15.9 Å². The zero-order valence-electron chi connectivity index (χ0n) is 12.5. The van der Waals surface area contributed by atoms with Gasteiger partial charge in [0.2, 0.25) is 0 Å². The number of aromatic nitrogens is 2. The van der Waals surface area contributed by atoms with E-state index in [4.69, 9.17) is 16.6 Å². The van der Waals surface area contributed by atoms with E-state index in [0.29, 0.717) is 18.0 Å². The van der Waals surface area contributed by atoms with E-state index in [1.807, 2.05) is 0 Å². The monoisotopic (exact) mass is 369 g/mol. The molecule has 2 heterocycles. The van der Waals surface area contributed by atoms with Crippen LogP contribution in [0.2, 0.25) is 0 Å². The number of hydrogen-bond acceptors (Lipinski definition) is 2. The highest BCUT2D eigenvalue weighted by Crippen LogP contribution is 2.32. The highest BCUT2D eigenvalue weighted by Gasteiger charge is 2.27. The lowest BCUT2D eigenvalue weighted by atomic mass is 9.98. The first-order valence-corrected chi connectivity index (χ1v) is 8.85. The summed E-state index contributed by atoms with van der Waals surface area (Å²) in [4.78, 5) is 7.26. The van der Waals surface area contributed by atoms with E-state index in [-0.39, 0.29) is 0 Å². The predicted molar refractivity (Wildman–Crippen MR) is 92.2 cm³/mol. The van der Waals surface area contributed by atoms with Gasteiger partial charge in [0.05, 0.1) is 11.0 Å². The molecule has 3 nitrogen and oxygen atoms in total. The van der Waals surface area contributed by atoms with Crippen molar-refractivity contribution in [1.29, 1.82) is 0 Å². The Morgan fingerprint density at radius 2 is 2.24 bits per heavy atom. The molecule has 1 aromatic carbocycles. The summed E-state index contributed by atoms with van der Waals surface area (Å²) in [5, 5.41) is 0. The highest BCUT2D eigenvalue weighted by atomic mass is 79.9. The summed E-state index contributed by atoms with van der Waals surface area (Å²) >= 11 is 9.52. The van der Waals surface area contributed by atoms with E-state index in [1.165, 1.54) is 18.4 Å². The normalized spacial score (nSPS) is 23.8. The summed E-state index contributed by atoms with van der Waals surface area (Å²) < 4.78 is 3.52. The molecule has 1 aliphatic rings. The van der Waals surface area contributed by atoms with Crippen molar-refractivity contribution in [3.05, 3.63) is 28.5 Å². The molecule has 21 heavy (non-hydrogen) atoms. The second-order valence-electron chi connectivity index (χ2n) is 5.98. The fourth-order valence-corrected chi connectivity index (χ4v) is 3.81. The molecule has 0 radical (unpaired) electrons. The van der Waals surface area contributed by atoms with Gasteiger partial charge in [-0.15, -0.1) is 11.6 Å². The molecule has 1 aromatic heterocycles. The maximum Gasteiger partial charge on any atom is 0.111 e. The average Bonchev–Trinajstić information content (AvgIpc) is 2.79. The second-order valence-corrected chi connectivity index (χ2v) is 7.27. The third-order valence-electron chi connectivity index (χ3n) is 4.59. The summed E-state index contributed by atoms with van der Waals surface area (Å²) in [6.45, 7) is 3.45. The Balaban J connectivity index is 2.04. The van der Waals surface area contributed by atoms with Crippen LogP contribution in [0.3, 0.4) is 0 Å². The Morgan fingerprint density at radius 3 is 2.95 bits per heavy atom. The number of alkyl halides is 1. The predicted octanol–water partition coefficient (Wildman–Crippen LogP) is 4.24. The molecule has 114 valence electrons. The number of halogens is 2. The van der Waals surface area contributed by atoms with Gasteiger partial charge in [0.15, 0.2) is 0 Å². The zero-order chi connectivity index (χ0) is 15.0. The van der Waals surface area contributed by atoms with E-state index in [2.05, 4.69) is 57.6 Å². The summed E-state index contributed by atoms with van der Waals surface area (Å²) in [5.74, 6) is 1.74. The minimum absolute atomic E-state index is 0.528. The summed E-state index contributed by atoms with van der Waals surface area (Å²) in [6, 6.07) is 7.51. The molecule has 0 N–H and O–H groups in total. The number of piperidine rings is 1. The average molecular weight is 371 g/mol. The fraction of sp³-hybridized carbons (Fsp3) is 0.562. The molecule has 0 bridgehead atoms. The lowest BCUT2D eigenvalue weighted by Gasteiger charge is -2.36. The van der Waals surface area contributed by atoms with Crippen LogP contribution in [0.25, 0.3) is 11.0 Å². The Hall–Kier alpha value is -0.580. The van der Waals surface area contributed by atoms with Gasteiger partial charge in [-0.25, -0.2) is 4.98 Å². The van der Waals surface area contributed by atoms with Crippen LogP contribution >= 0.6 is 27.5 Å².